The van der Waals surface area contributed by atoms with Crippen molar-refractivity contribution in [3.63, 3.8) is 0 Å². The molecule has 0 bridgehead atoms. The lowest BCUT2D eigenvalue weighted by Crippen LogP contribution is -1.86. The van der Waals surface area contributed by atoms with Gasteiger partial charge in [0.2, 0.25) is 0 Å². The van der Waals surface area contributed by atoms with E-state index in [1.165, 1.54) is 22.1 Å². The number of aromatic amines is 1. The zero-order valence-corrected chi connectivity index (χ0v) is 12.3. The SMILES string of the molecule is COCc1ccc(-c2cc3cc(COC)ccc3[nH]2)cc1. The molecule has 0 aliphatic heterocycles. The molecule has 108 valence electrons. The largest absolute Gasteiger partial charge is 0.380 e. The van der Waals surface area contributed by atoms with Gasteiger partial charge >= 0.3 is 0 Å². The Kier molecular flexibility index (Phi) is 4.04. The van der Waals surface area contributed by atoms with Crippen LogP contribution in [0.4, 0.5) is 0 Å². The molecule has 1 heterocycles. The second-order valence-electron chi connectivity index (χ2n) is 5.17. The van der Waals surface area contributed by atoms with E-state index >= 15 is 0 Å². The zero-order chi connectivity index (χ0) is 14.7. The Morgan fingerprint density at radius 2 is 1.48 bits per heavy atom. The van der Waals surface area contributed by atoms with Crippen LogP contribution in [0.2, 0.25) is 0 Å². The first-order chi connectivity index (χ1) is 10.3. The molecule has 0 amide bonds. The summed E-state index contributed by atoms with van der Waals surface area (Å²) in [6.07, 6.45) is 0. The van der Waals surface area contributed by atoms with Gasteiger partial charge in [-0.3, -0.25) is 0 Å². The van der Waals surface area contributed by atoms with E-state index in [1.54, 1.807) is 14.2 Å². The van der Waals surface area contributed by atoms with Gasteiger partial charge in [-0.1, -0.05) is 30.3 Å². The fourth-order valence-electron chi connectivity index (χ4n) is 2.54. The average molecular weight is 281 g/mol. The van der Waals surface area contributed by atoms with E-state index in [0.29, 0.717) is 13.2 Å². The van der Waals surface area contributed by atoms with Gasteiger partial charge < -0.3 is 14.5 Å². The minimum atomic E-state index is 0.641. The first-order valence-electron chi connectivity index (χ1n) is 6.99. The number of H-pyrrole nitrogens is 1. The molecule has 0 atom stereocenters. The van der Waals surface area contributed by atoms with Gasteiger partial charge in [0.05, 0.1) is 13.2 Å². The number of benzene rings is 2. The Balaban J connectivity index is 1.92. The van der Waals surface area contributed by atoms with Gasteiger partial charge in [-0.25, -0.2) is 0 Å². The summed E-state index contributed by atoms with van der Waals surface area (Å²) in [4.78, 5) is 3.46. The lowest BCUT2D eigenvalue weighted by Gasteiger charge is -2.01. The average Bonchev–Trinajstić information content (AvgIpc) is 2.92. The van der Waals surface area contributed by atoms with Gasteiger partial charge in [0.1, 0.15) is 0 Å². The number of methoxy groups -OCH3 is 2. The highest BCUT2D eigenvalue weighted by Crippen LogP contribution is 2.25. The van der Waals surface area contributed by atoms with Gasteiger partial charge in [-0.15, -0.1) is 0 Å². The molecular formula is C18H19NO2. The molecule has 0 radical (unpaired) electrons. The van der Waals surface area contributed by atoms with E-state index in [0.717, 1.165) is 11.2 Å². The van der Waals surface area contributed by atoms with Crippen LogP contribution in [0.25, 0.3) is 22.2 Å². The van der Waals surface area contributed by atoms with Crippen LogP contribution in [-0.4, -0.2) is 19.2 Å². The number of hydrogen-bond acceptors (Lipinski definition) is 2. The number of ether oxygens (including phenoxy) is 2. The second-order valence-corrected chi connectivity index (χ2v) is 5.17. The minimum Gasteiger partial charge on any atom is -0.380 e. The Labute approximate surface area is 124 Å². The van der Waals surface area contributed by atoms with Crippen molar-refractivity contribution in [2.45, 2.75) is 13.2 Å². The predicted molar refractivity (Wildman–Crippen MR) is 85.2 cm³/mol. The van der Waals surface area contributed by atoms with Crippen LogP contribution in [0.5, 0.6) is 0 Å². The van der Waals surface area contributed by atoms with Crippen molar-refractivity contribution in [2.75, 3.05) is 14.2 Å². The maximum absolute atomic E-state index is 5.18. The lowest BCUT2D eigenvalue weighted by molar-refractivity contribution is 0.185. The molecule has 0 aliphatic rings. The van der Waals surface area contributed by atoms with Crippen molar-refractivity contribution in [1.82, 2.24) is 4.98 Å². The summed E-state index contributed by atoms with van der Waals surface area (Å²) in [5.74, 6) is 0. The third-order valence-electron chi connectivity index (χ3n) is 3.57. The Hall–Kier alpha value is -2.10. The Morgan fingerprint density at radius 1 is 0.810 bits per heavy atom. The molecule has 0 fully saturated rings. The summed E-state index contributed by atoms with van der Waals surface area (Å²) in [6.45, 7) is 1.29. The van der Waals surface area contributed by atoms with Crippen molar-refractivity contribution >= 4 is 10.9 Å². The summed E-state index contributed by atoms with van der Waals surface area (Å²) in [5, 5.41) is 1.21. The van der Waals surface area contributed by atoms with Crippen molar-refractivity contribution in [1.29, 1.82) is 0 Å². The zero-order valence-electron chi connectivity index (χ0n) is 12.3. The number of hydrogen-bond donors (Lipinski definition) is 1. The third-order valence-corrected chi connectivity index (χ3v) is 3.57. The van der Waals surface area contributed by atoms with Crippen LogP contribution in [0.15, 0.2) is 48.5 Å². The maximum Gasteiger partial charge on any atom is 0.0713 e. The van der Waals surface area contributed by atoms with Crippen molar-refractivity contribution in [3.8, 4) is 11.3 Å². The van der Waals surface area contributed by atoms with Crippen molar-refractivity contribution < 1.29 is 9.47 Å². The third kappa shape index (κ3) is 2.99. The normalized spacial score (nSPS) is 11.1. The van der Waals surface area contributed by atoms with E-state index in [9.17, 15) is 0 Å². The van der Waals surface area contributed by atoms with Gasteiger partial charge in [0.25, 0.3) is 0 Å². The summed E-state index contributed by atoms with van der Waals surface area (Å²) in [7, 11) is 3.43. The lowest BCUT2D eigenvalue weighted by atomic mass is 10.1. The topological polar surface area (TPSA) is 34.2 Å². The Morgan fingerprint density at radius 3 is 2.19 bits per heavy atom. The minimum absolute atomic E-state index is 0.641. The number of aromatic nitrogens is 1. The van der Waals surface area contributed by atoms with Crippen LogP contribution in [0.1, 0.15) is 11.1 Å². The highest BCUT2D eigenvalue weighted by Gasteiger charge is 2.04. The molecule has 21 heavy (non-hydrogen) atoms. The van der Waals surface area contributed by atoms with Gasteiger partial charge in [-0.2, -0.15) is 0 Å². The molecule has 0 spiro atoms. The monoisotopic (exact) mass is 281 g/mol. The van der Waals surface area contributed by atoms with Gasteiger partial charge in [-0.05, 0) is 34.9 Å². The van der Waals surface area contributed by atoms with Crippen molar-refractivity contribution in [3.05, 3.63) is 59.7 Å². The van der Waals surface area contributed by atoms with E-state index < -0.39 is 0 Å². The number of nitrogens with one attached hydrogen (secondary N) is 1. The van der Waals surface area contributed by atoms with E-state index in [-0.39, 0.29) is 0 Å². The van der Waals surface area contributed by atoms with Crippen molar-refractivity contribution in [2.24, 2.45) is 0 Å². The Bertz CT molecular complexity index is 729. The molecule has 0 unspecified atom stereocenters. The van der Waals surface area contributed by atoms with Crippen LogP contribution in [0.3, 0.4) is 0 Å². The fourth-order valence-corrected chi connectivity index (χ4v) is 2.54. The highest BCUT2D eigenvalue weighted by atomic mass is 16.5. The molecular weight excluding hydrogens is 262 g/mol. The quantitative estimate of drug-likeness (QED) is 0.763. The number of rotatable bonds is 5. The standard InChI is InChI=1S/C18H19NO2/c1-20-11-13-3-6-15(7-4-13)18-10-16-9-14(12-21-2)5-8-17(16)19-18/h3-10,19H,11-12H2,1-2H3. The summed E-state index contributed by atoms with van der Waals surface area (Å²) >= 11 is 0. The highest BCUT2D eigenvalue weighted by molar-refractivity contribution is 5.86. The molecule has 1 aromatic heterocycles. The molecule has 3 rings (SSSR count). The smallest absolute Gasteiger partial charge is 0.0713 e. The van der Waals surface area contributed by atoms with Gasteiger partial charge in [0.15, 0.2) is 0 Å². The van der Waals surface area contributed by atoms with Crippen LogP contribution >= 0.6 is 0 Å². The molecule has 0 saturated carbocycles. The first-order valence-corrected chi connectivity index (χ1v) is 6.99. The van der Waals surface area contributed by atoms with Crippen LogP contribution in [0, 0.1) is 0 Å². The second kappa shape index (κ2) is 6.12. The molecule has 3 aromatic rings. The van der Waals surface area contributed by atoms with Crippen LogP contribution in [-0.2, 0) is 22.7 Å². The molecule has 3 heteroatoms. The summed E-state index contributed by atoms with van der Waals surface area (Å²) in [6, 6.07) is 17.0. The van der Waals surface area contributed by atoms with Crippen LogP contribution < -0.4 is 0 Å². The van der Waals surface area contributed by atoms with Gasteiger partial charge in [0, 0.05) is 30.8 Å². The molecule has 3 nitrogen and oxygen atoms in total. The van der Waals surface area contributed by atoms with E-state index in [2.05, 4.69) is 53.5 Å². The predicted octanol–water partition coefficient (Wildman–Crippen LogP) is 4.13. The molecule has 1 N–H and O–H groups in total. The fraction of sp³-hybridized carbons (Fsp3) is 0.222. The van der Waals surface area contributed by atoms with E-state index in [1.807, 2.05) is 0 Å². The molecule has 0 saturated heterocycles. The first kappa shape index (κ1) is 13.9. The number of fused-ring (bicyclic) bond motifs is 1. The summed E-state index contributed by atoms with van der Waals surface area (Å²) < 4.78 is 10.3. The molecule has 0 aliphatic carbocycles. The summed E-state index contributed by atoms with van der Waals surface area (Å²) in [5.41, 5.74) is 5.82. The maximum atomic E-state index is 5.18. The van der Waals surface area contributed by atoms with E-state index in [4.69, 9.17) is 9.47 Å². The molecule has 2 aromatic carbocycles.